The maximum absolute atomic E-state index is 11.5. The normalized spacial score (nSPS) is 21.6. The molecule has 0 radical (unpaired) electrons. The molecule has 0 heterocycles. The van der Waals surface area contributed by atoms with Crippen LogP contribution in [0.1, 0.15) is 58.3 Å². The van der Waals surface area contributed by atoms with Gasteiger partial charge in [-0.2, -0.15) is 0 Å². The fraction of sp³-hybridized carbons (Fsp3) is 0.923. The quantitative estimate of drug-likeness (QED) is 0.638. The van der Waals surface area contributed by atoms with Crippen LogP contribution < -0.4 is 5.32 Å². The molecule has 4 nitrogen and oxygen atoms in total. The van der Waals surface area contributed by atoms with E-state index in [1.54, 1.807) is 6.92 Å². The monoisotopic (exact) mass is 243 g/mol. The fourth-order valence-corrected chi connectivity index (χ4v) is 2.25. The standard InChI is InChI=1S/C13H25NO3/c1-11(15)6-7-12(16)14-10-13(17)8-4-2-3-5-9-13/h11,15,17H,2-10H2,1H3,(H,14,16). The van der Waals surface area contributed by atoms with Crippen LogP contribution in [0.2, 0.25) is 0 Å². The van der Waals surface area contributed by atoms with Gasteiger partial charge >= 0.3 is 0 Å². The molecular weight excluding hydrogens is 218 g/mol. The van der Waals surface area contributed by atoms with Crippen LogP contribution in [-0.2, 0) is 4.79 Å². The Morgan fingerprint density at radius 2 is 1.88 bits per heavy atom. The van der Waals surface area contributed by atoms with Gasteiger partial charge in [-0.05, 0) is 26.2 Å². The van der Waals surface area contributed by atoms with E-state index in [-0.39, 0.29) is 5.91 Å². The van der Waals surface area contributed by atoms with Crippen molar-refractivity contribution < 1.29 is 15.0 Å². The van der Waals surface area contributed by atoms with Crippen molar-refractivity contribution in [1.82, 2.24) is 5.32 Å². The van der Waals surface area contributed by atoms with Gasteiger partial charge in [0.25, 0.3) is 0 Å². The number of hydrogen-bond donors (Lipinski definition) is 3. The number of aliphatic hydroxyl groups excluding tert-OH is 1. The van der Waals surface area contributed by atoms with Crippen molar-refractivity contribution in [2.75, 3.05) is 6.54 Å². The van der Waals surface area contributed by atoms with Crippen LogP contribution >= 0.6 is 0 Å². The zero-order chi connectivity index (χ0) is 12.7. The van der Waals surface area contributed by atoms with Gasteiger partial charge in [0.15, 0.2) is 0 Å². The molecule has 1 amide bonds. The van der Waals surface area contributed by atoms with Gasteiger partial charge in [-0.15, -0.1) is 0 Å². The molecule has 1 rings (SSSR count). The number of carbonyl (C=O) groups excluding carboxylic acids is 1. The van der Waals surface area contributed by atoms with Crippen LogP contribution in [0.5, 0.6) is 0 Å². The van der Waals surface area contributed by atoms with E-state index in [0.29, 0.717) is 19.4 Å². The van der Waals surface area contributed by atoms with Crippen molar-refractivity contribution in [3.05, 3.63) is 0 Å². The molecule has 100 valence electrons. The second kappa shape index (κ2) is 6.97. The van der Waals surface area contributed by atoms with E-state index in [0.717, 1.165) is 25.7 Å². The van der Waals surface area contributed by atoms with Gasteiger partial charge < -0.3 is 15.5 Å². The number of carbonyl (C=O) groups is 1. The topological polar surface area (TPSA) is 69.6 Å². The predicted molar refractivity (Wildman–Crippen MR) is 66.6 cm³/mol. The summed E-state index contributed by atoms with van der Waals surface area (Å²) in [6.45, 7) is 2.03. The molecule has 4 heteroatoms. The molecule has 0 aliphatic heterocycles. The average Bonchev–Trinajstić information content (AvgIpc) is 2.49. The Hall–Kier alpha value is -0.610. The third-order valence-electron chi connectivity index (χ3n) is 3.44. The SMILES string of the molecule is CC(O)CCC(=O)NCC1(O)CCCCCC1. The third kappa shape index (κ3) is 6.03. The van der Waals surface area contributed by atoms with E-state index < -0.39 is 11.7 Å². The minimum Gasteiger partial charge on any atom is -0.393 e. The van der Waals surface area contributed by atoms with Crippen LogP contribution in [0.15, 0.2) is 0 Å². The molecule has 1 saturated carbocycles. The summed E-state index contributed by atoms with van der Waals surface area (Å²) >= 11 is 0. The maximum Gasteiger partial charge on any atom is 0.220 e. The molecule has 17 heavy (non-hydrogen) atoms. The molecule has 0 aromatic heterocycles. The highest BCUT2D eigenvalue weighted by Gasteiger charge is 2.28. The maximum atomic E-state index is 11.5. The van der Waals surface area contributed by atoms with Gasteiger partial charge in [-0.25, -0.2) is 0 Å². The zero-order valence-corrected chi connectivity index (χ0v) is 10.7. The first-order chi connectivity index (χ1) is 8.02. The van der Waals surface area contributed by atoms with Gasteiger partial charge in [0.05, 0.1) is 11.7 Å². The highest BCUT2D eigenvalue weighted by molar-refractivity contribution is 5.75. The summed E-state index contributed by atoms with van der Waals surface area (Å²) in [5, 5.41) is 22.2. The van der Waals surface area contributed by atoms with E-state index in [4.69, 9.17) is 5.11 Å². The van der Waals surface area contributed by atoms with Gasteiger partial charge in [-0.3, -0.25) is 4.79 Å². The molecule has 0 bridgehead atoms. The molecule has 1 unspecified atom stereocenters. The van der Waals surface area contributed by atoms with Gasteiger partial charge in [0.2, 0.25) is 5.91 Å². The van der Waals surface area contributed by atoms with E-state index >= 15 is 0 Å². The molecule has 0 saturated heterocycles. The van der Waals surface area contributed by atoms with Crippen LogP contribution in [0, 0.1) is 0 Å². The summed E-state index contributed by atoms with van der Waals surface area (Å²) in [5.41, 5.74) is -0.711. The number of amides is 1. The molecule has 1 fully saturated rings. The fourth-order valence-electron chi connectivity index (χ4n) is 2.25. The number of hydrogen-bond acceptors (Lipinski definition) is 3. The van der Waals surface area contributed by atoms with Crippen molar-refractivity contribution in [2.45, 2.75) is 70.0 Å². The Bertz CT molecular complexity index is 233. The summed E-state index contributed by atoms with van der Waals surface area (Å²) in [6.07, 6.45) is 6.36. The largest absolute Gasteiger partial charge is 0.393 e. The highest BCUT2D eigenvalue weighted by Crippen LogP contribution is 2.26. The Kier molecular flexibility index (Phi) is 5.92. The average molecular weight is 243 g/mol. The lowest BCUT2D eigenvalue weighted by Gasteiger charge is -2.26. The van der Waals surface area contributed by atoms with Gasteiger partial charge in [-0.1, -0.05) is 25.7 Å². The second-order valence-corrected chi connectivity index (χ2v) is 5.30. The number of nitrogens with one attached hydrogen (secondary N) is 1. The Balaban J connectivity index is 2.25. The molecule has 3 N–H and O–H groups in total. The minimum absolute atomic E-state index is 0.0800. The third-order valence-corrected chi connectivity index (χ3v) is 3.44. The summed E-state index contributed by atoms with van der Waals surface area (Å²) < 4.78 is 0. The van der Waals surface area contributed by atoms with Gasteiger partial charge in [0, 0.05) is 13.0 Å². The first kappa shape index (κ1) is 14.5. The Morgan fingerprint density at radius 1 is 1.29 bits per heavy atom. The van der Waals surface area contributed by atoms with Crippen LogP contribution in [0.3, 0.4) is 0 Å². The number of rotatable bonds is 5. The summed E-state index contributed by atoms with van der Waals surface area (Å²) in [4.78, 5) is 11.5. The first-order valence-corrected chi connectivity index (χ1v) is 6.69. The predicted octanol–water partition coefficient (Wildman–Crippen LogP) is 1.35. The Labute approximate surface area is 103 Å². The summed E-state index contributed by atoms with van der Waals surface area (Å²) in [6, 6.07) is 0. The zero-order valence-electron chi connectivity index (χ0n) is 10.7. The van der Waals surface area contributed by atoms with E-state index in [1.807, 2.05) is 0 Å². The van der Waals surface area contributed by atoms with Crippen LogP contribution in [0.4, 0.5) is 0 Å². The lowest BCUT2D eigenvalue weighted by Crippen LogP contribution is -2.42. The van der Waals surface area contributed by atoms with Gasteiger partial charge in [0.1, 0.15) is 0 Å². The van der Waals surface area contributed by atoms with E-state index in [1.165, 1.54) is 12.8 Å². The van der Waals surface area contributed by atoms with Crippen molar-refractivity contribution >= 4 is 5.91 Å². The first-order valence-electron chi connectivity index (χ1n) is 6.69. The highest BCUT2D eigenvalue weighted by atomic mass is 16.3. The molecule has 0 aromatic carbocycles. The second-order valence-electron chi connectivity index (χ2n) is 5.30. The molecule has 0 spiro atoms. The smallest absolute Gasteiger partial charge is 0.220 e. The van der Waals surface area contributed by atoms with Crippen molar-refractivity contribution in [3.8, 4) is 0 Å². The molecular formula is C13H25NO3. The van der Waals surface area contributed by atoms with Crippen LogP contribution in [0.25, 0.3) is 0 Å². The van der Waals surface area contributed by atoms with Crippen molar-refractivity contribution in [1.29, 1.82) is 0 Å². The summed E-state index contributed by atoms with van der Waals surface area (Å²) in [7, 11) is 0. The Morgan fingerprint density at radius 3 is 2.41 bits per heavy atom. The van der Waals surface area contributed by atoms with Crippen molar-refractivity contribution in [2.24, 2.45) is 0 Å². The molecule has 1 atom stereocenters. The minimum atomic E-state index is -0.711. The van der Waals surface area contributed by atoms with E-state index in [9.17, 15) is 9.90 Å². The summed E-state index contributed by atoms with van der Waals surface area (Å²) in [5.74, 6) is -0.0800. The lowest BCUT2D eigenvalue weighted by molar-refractivity contribution is -0.123. The lowest BCUT2D eigenvalue weighted by atomic mass is 9.94. The van der Waals surface area contributed by atoms with Crippen molar-refractivity contribution in [3.63, 3.8) is 0 Å². The number of aliphatic hydroxyl groups is 2. The molecule has 1 aliphatic carbocycles. The molecule has 0 aromatic rings. The van der Waals surface area contributed by atoms with Crippen LogP contribution in [-0.4, -0.2) is 34.4 Å². The molecule has 1 aliphatic rings. The van der Waals surface area contributed by atoms with E-state index in [2.05, 4.69) is 5.32 Å².